The molecule has 0 aliphatic rings. The number of anilines is 1. The van der Waals surface area contributed by atoms with Crippen molar-refractivity contribution >= 4 is 22.5 Å². The molecule has 0 fully saturated rings. The molecular formula is C12H11N5O. The fourth-order valence-electron chi connectivity index (χ4n) is 1.80. The number of hydrogen-bond acceptors (Lipinski definition) is 3. The van der Waals surface area contributed by atoms with Crippen molar-refractivity contribution in [3.05, 3.63) is 46.0 Å². The second-order valence-electron chi connectivity index (χ2n) is 3.75. The van der Waals surface area contributed by atoms with Crippen LogP contribution >= 0.6 is 0 Å². The number of benzene rings is 1. The molecule has 1 amide bonds. The molecule has 2 rings (SSSR count). The van der Waals surface area contributed by atoms with Crippen LogP contribution in [0.1, 0.15) is 16.1 Å². The standard InChI is InChI=1S/C12H11N5O/c1-7-3-4-8-9(12(18)16-17-13)5-6-10(14-2)11(8)15-7/h3-6,14H,1-2H3. The fraction of sp³-hybridized carbons (Fsp3) is 0.167. The molecule has 1 aromatic heterocycles. The van der Waals surface area contributed by atoms with Crippen molar-refractivity contribution in [2.24, 2.45) is 5.11 Å². The van der Waals surface area contributed by atoms with Crippen LogP contribution in [0.2, 0.25) is 0 Å². The SMILES string of the molecule is CNc1ccc(C(=O)N=[N+]=[N-])c2ccc(C)nc12. The highest BCUT2D eigenvalue weighted by molar-refractivity contribution is 6.09. The molecule has 0 atom stereocenters. The van der Waals surface area contributed by atoms with Crippen molar-refractivity contribution in [1.29, 1.82) is 0 Å². The molecule has 6 nitrogen and oxygen atoms in total. The van der Waals surface area contributed by atoms with E-state index in [1.54, 1.807) is 25.2 Å². The molecule has 1 aromatic carbocycles. The lowest BCUT2D eigenvalue weighted by Gasteiger charge is -2.08. The zero-order valence-electron chi connectivity index (χ0n) is 10.0. The smallest absolute Gasteiger partial charge is 0.249 e. The van der Waals surface area contributed by atoms with E-state index in [-0.39, 0.29) is 0 Å². The van der Waals surface area contributed by atoms with Gasteiger partial charge in [-0.05, 0) is 35.8 Å². The molecule has 0 unspecified atom stereocenters. The van der Waals surface area contributed by atoms with Gasteiger partial charge in [0.1, 0.15) is 0 Å². The first-order valence-electron chi connectivity index (χ1n) is 5.35. The second-order valence-corrected chi connectivity index (χ2v) is 3.75. The van der Waals surface area contributed by atoms with Gasteiger partial charge < -0.3 is 5.32 Å². The Morgan fingerprint density at radius 2 is 2.17 bits per heavy atom. The van der Waals surface area contributed by atoms with Crippen LogP contribution in [0.15, 0.2) is 29.4 Å². The minimum atomic E-state index is -0.601. The topological polar surface area (TPSA) is 90.8 Å². The van der Waals surface area contributed by atoms with Crippen molar-refractivity contribution in [2.45, 2.75) is 6.92 Å². The third-order valence-corrected chi connectivity index (χ3v) is 2.63. The van der Waals surface area contributed by atoms with E-state index in [1.807, 2.05) is 13.0 Å². The lowest BCUT2D eigenvalue weighted by Crippen LogP contribution is -1.99. The Labute approximate surface area is 103 Å². The van der Waals surface area contributed by atoms with Crippen LogP contribution < -0.4 is 5.32 Å². The fourth-order valence-corrected chi connectivity index (χ4v) is 1.80. The van der Waals surface area contributed by atoms with Crippen LogP contribution in [0.4, 0.5) is 5.69 Å². The van der Waals surface area contributed by atoms with E-state index in [2.05, 4.69) is 20.3 Å². The van der Waals surface area contributed by atoms with Gasteiger partial charge in [0.25, 0.3) is 0 Å². The first-order valence-corrected chi connectivity index (χ1v) is 5.35. The Kier molecular flexibility index (Phi) is 3.12. The summed E-state index contributed by atoms with van der Waals surface area (Å²) in [6.45, 7) is 1.88. The van der Waals surface area contributed by atoms with E-state index >= 15 is 0 Å². The number of hydrogen-bond donors (Lipinski definition) is 1. The van der Waals surface area contributed by atoms with Gasteiger partial charge in [-0.3, -0.25) is 9.78 Å². The number of fused-ring (bicyclic) bond motifs is 1. The Morgan fingerprint density at radius 1 is 1.39 bits per heavy atom. The molecule has 0 aliphatic carbocycles. The first kappa shape index (κ1) is 11.9. The number of carbonyl (C=O) groups excluding carboxylic acids is 1. The minimum absolute atomic E-state index is 0.356. The molecule has 0 spiro atoms. The number of pyridine rings is 1. The van der Waals surface area contributed by atoms with Gasteiger partial charge in [0.15, 0.2) is 0 Å². The number of nitrogens with zero attached hydrogens (tertiary/aromatic N) is 4. The summed E-state index contributed by atoms with van der Waals surface area (Å²) in [6.07, 6.45) is 0. The van der Waals surface area contributed by atoms with E-state index < -0.39 is 5.91 Å². The zero-order valence-corrected chi connectivity index (χ0v) is 10.0. The normalized spacial score (nSPS) is 9.89. The van der Waals surface area contributed by atoms with Gasteiger partial charge in [0.2, 0.25) is 5.91 Å². The van der Waals surface area contributed by atoms with Gasteiger partial charge in [-0.25, -0.2) is 0 Å². The lowest BCUT2D eigenvalue weighted by atomic mass is 10.1. The number of aryl methyl sites for hydroxylation is 1. The van der Waals surface area contributed by atoms with Crippen LogP contribution in [0, 0.1) is 6.92 Å². The van der Waals surface area contributed by atoms with Crippen molar-refractivity contribution in [2.75, 3.05) is 12.4 Å². The highest BCUT2D eigenvalue weighted by Crippen LogP contribution is 2.25. The quantitative estimate of drug-likeness (QED) is 0.497. The maximum atomic E-state index is 11.7. The molecule has 0 saturated heterocycles. The monoisotopic (exact) mass is 241 g/mol. The van der Waals surface area contributed by atoms with E-state index in [9.17, 15) is 4.79 Å². The molecule has 2 aromatic rings. The number of aromatic nitrogens is 1. The predicted octanol–water partition coefficient (Wildman–Crippen LogP) is 3.04. The molecule has 1 heterocycles. The third-order valence-electron chi connectivity index (χ3n) is 2.63. The lowest BCUT2D eigenvalue weighted by molar-refractivity contribution is 0.100. The Hall–Kier alpha value is -2.59. The molecule has 1 N–H and O–H groups in total. The van der Waals surface area contributed by atoms with Crippen LogP contribution in [-0.2, 0) is 0 Å². The summed E-state index contributed by atoms with van der Waals surface area (Å²) < 4.78 is 0. The molecule has 0 aliphatic heterocycles. The summed E-state index contributed by atoms with van der Waals surface area (Å²) >= 11 is 0. The summed E-state index contributed by atoms with van der Waals surface area (Å²) in [5, 5.41) is 6.81. The molecule has 0 saturated carbocycles. The average Bonchev–Trinajstić information content (AvgIpc) is 2.37. The van der Waals surface area contributed by atoms with Crippen molar-refractivity contribution in [1.82, 2.24) is 4.98 Å². The van der Waals surface area contributed by atoms with E-state index in [4.69, 9.17) is 5.53 Å². The maximum Gasteiger partial charge on any atom is 0.249 e. The number of azide groups is 1. The Morgan fingerprint density at radius 3 is 2.83 bits per heavy atom. The van der Waals surface area contributed by atoms with Crippen LogP contribution in [0.25, 0.3) is 21.3 Å². The van der Waals surface area contributed by atoms with Crippen molar-refractivity contribution in [3.8, 4) is 0 Å². The Balaban J connectivity index is 2.78. The zero-order chi connectivity index (χ0) is 13.1. The predicted molar refractivity (Wildman–Crippen MR) is 69.5 cm³/mol. The average molecular weight is 241 g/mol. The minimum Gasteiger partial charge on any atom is -0.386 e. The maximum absolute atomic E-state index is 11.7. The highest BCUT2D eigenvalue weighted by atomic mass is 16.1. The molecule has 18 heavy (non-hydrogen) atoms. The van der Waals surface area contributed by atoms with E-state index in [0.717, 1.165) is 11.4 Å². The van der Waals surface area contributed by atoms with Gasteiger partial charge in [-0.1, -0.05) is 6.07 Å². The Bertz CT molecular complexity index is 673. The van der Waals surface area contributed by atoms with E-state index in [0.29, 0.717) is 16.5 Å². The van der Waals surface area contributed by atoms with Gasteiger partial charge in [-0.15, -0.1) is 0 Å². The number of nitrogens with one attached hydrogen (secondary N) is 1. The summed E-state index contributed by atoms with van der Waals surface area (Å²) in [5.41, 5.74) is 11.1. The summed E-state index contributed by atoms with van der Waals surface area (Å²) in [4.78, 5) is 18.6. The van der Waals surface area contributed by atoms with Gasteiger partial charge in [-0.2, -0.15) is 0 Å². The highest BCUT2D eigenvalue weighted by Gasteiger charge is 2.11. The summed E-state index contributed by atoms with van der Waals surface area (Å²) in [5.74, 6) is -0.601. The van der Waals surface area contributed by atoms with Crippen molar-refractivity contribution in [3.63, 3.8) is 0 Å². The number of carbonyl (C=O) groups is 1. The number of amides is 1. The summed E-state index contributed by atoms with van der Waals surface area (Å²) in [6, 6.07) is 6.99. The molecule has 90 valence electrons. The van der Waals surface area contributed by atoms with Gasteiger partial charge in [0, 0.05) is 28.6 Å². The molecule has 6 heteroatoms. The van der Waals surface area contributed by atoms with Crippen LogP contribution in [0.5, 0.6) is 0 Å². The van der Waals surface area contributed by atoms with Gasteiger partial charge >= 0.3 is 0 Å². The molecule has 0 radical (unpaired) electrons. The van der Waals surface area contributed by atoms with Gasteiger partial charge in [0.05, 0.1) is 11.2 Å². The first-order chi connectivity index (χ1) is 8.67. The number of rotatable bonds is 2. The van der Waals surface area contributed by atoms with Crippen molar-refractivity contribution < 1.29 is 4.79 Å². The third kappa shape index (κ3) is 1.97. The summed E-state index contributed by atoms with van der Waals surface area (Å²) in [7, 11) is 1.79. The van der Waals surface area contributed by atoms with Crippen LogP contribution in [0.3, 0.4) is 0 Å². The van der Waals surface area contributed by atoms with E-state index in [1.165, 1.54) is 0 Å². The molecule has 0 bridgehead atoms. The second kappa shape index (κ2) is 4.73. The largest absolute Gasteiger partial charge is 0.386 e. The van der Waals surface area contributed by atoms with Crippen LogP contribution in [-0.4, -0.2) is 17.9 Å². The molecular weight excluding hydrogens is 230 g/mol.